The van der Waals surface area contributed by atoms with E-state index in [1.165, 1.54) is 23.0 Å². The summed E-state index contributed by atoms with van der Waals surface area (Å²) in [5.74, 6) is 0.392. The van der Waals surface area contributed by atoms with Gasteiger partial charge in [-0.1, -0.05) is 12.1 Å². The van der Waals surface area contributed by atoms with Crippen LogP contribution in [0.1, 0.15) is 5.56 Å². The quantitative estimate of drug-likeness (QED) is 0.499. The minimum Gasteiger partial charge on any atom is -0.365 e. The zero-order valence-corrected chi connectivity index (χ0v) is 16.8. The normalized spacial score (nSPS) is 11.5. The predicted octanol–water partition coefficient (Wildman–Crippen LogP) is 1.65. The molecule has 0 atom stereocenters. The van der Waals surface area contributed by atoms with Crippen molar-refractivity contribution >= 4 is 26.7 Å². The predicted molar refractivity (Wildman–Crippen MR) is 113 cm³/mol. The zero-order valence-electron chi connectivity index (χ0n) is 16.0. The molecule has 0 saturated carbocycles. The largest absolute Gasteiger partial charge is 0.365 e. The fraction of sp³-hybridized carbons (Fsp3) is 0.100. The third kappa shape index (κ3) is 3.91. The average Bonchev–Trinajstić information content (AvgIpc) is 2.74. The van der Waals surface area contributed by atoms with Crippen LogP contribution in [0, 0.1) is 0 Å². The van der Waals surface area contributed by atoms with Crippen LogP contribution in [0.5, 0.6) is 0 Å². The molecule has 0 radical (unpaired) electrons. The van der Waals surface area contributed by atoms with E-state index in [-0.39, 0.29) is 10.5 Å². The number of anilines is 1. The Balaban J connectivity index is 1.82. The van der Waals surface area contributed by atoms with E-state index in [1.807, 2.05) is 12.1 Å². The van der Waals surface area contributed by atoms with Gasteiger partial charge in [0.05, 0.1) is 22.4 Å². The van der Waals surface area contributed by atoms with Gasteiger partial charge in [-0.25, -0.2) is 23.5 Å². The Morgan fingerprint density at radius 3 is 2.47 bits per heavy atom. The fourth-order valence-corrected chi connectivity index (χ4v) is 3.51. The van der Waals surface area contributed by atoms with Crippen LogP contribution in [0.4, 0.5) is 5.82 Å². The number of primary sulfonamides is 1. The van der Waals surface area contributed by atoms with Crippen LogP contribution < -0.4 is 16.0 Å². The molecule has 3 aromatic heterocycles. The maximum atomic E-state index is 12.7. The van der Waals surface area contributed by atoms with Gasteiger partial charge >= 0.3 is 0 Å². The van der Waals surface area contributed by atoms with E-state index in [4.69, 9.17) is 5.14 Å². The Bertz CT molecular complexity index is 1380. The average molecular weight is 422 g/mol. The molecule has 30 heavy (non-hydrogen) atoms. The smallest absolute Gasteiger partial charge is 0.264 e. The molecule has 0 aliphatic rings. The molecule has 3 N–H and O–H groups in total. The van der Waals surface area contributed by atoms with Crippen LogP contribution in [0.3, 0.4) is 0 Å². The number of nitrogens with two attached hydrogens (primary N) is 1. The van der Waals surface area contributed by atoms with Gasteiger partial charge < -0.3 is 9.88 Å². The lowest BCUT2D eigenvalue weighted by atomic mass is 10.1. The molecule has 10 heteroatoms. The molecular weight excluding hydrogens is 404 g/mol. The summed E-state index contributed by atoms with van der Waals surface area (Å²) in [5, 5.41) is 8.75. The molecule has 3 heterocycles. The summed E-state index contributed by atoms with van der Waals surface area (Å²) in [6.07, 6.45) is 4.82. The Kier molecular flexibility index (Phi) is 5.02. The van der Waals surface area contributed by atoms with Crippen molar-refractivity contribution in [1.82, 2.24) is 19.5 Å². The van der Waals surface area contributed by atoms with Crippen LogP contribution in [0.25, 0.3) is 22.2 Å². The van der Waals surface area contributed by atoms with Crippen LogP contribution in [-0.2, 0) is 23.6 Å². The maximum absolute atomic E-state index is 12.7. The molecule has 0 amide bonds. The number of benzene rings is 1. The highest BCUT2D eigenvalue weighted by Gasteiger charge is 2.14. The van der Waals surface area contributed by atoms with Crippen molar-refractivity contribution in [3.8, 4) is 11.3 Å². The van der Waals surface area contributed by atoms with Crippen LogP contribution in [0.2, 0.25) is 0 Å². The van der Waals surface area contributed by atoms with E-state index in [1.54, 1.807) is 37.6 Å². The number of nitrogens with zero attached hydrogens (tertiary/aromatic N) is 4. The Hall–Kier alpha value is -3.63. The van der Waals surface area contributed by atoms with Gasteiger partial charge in [0.2, 0.25) is 10.0 Å². The van der Waals surface area contributed by atoms with Crippen molar-refractivity contribution in [2.24, 2.45) is 12.2 Å². The summed E-state index contributed by atoms with van der Waals surface area (Å²) in [7, 11) is -2.16. The van der Waals surface area contributed by atoms with Crippen molar-refractivity contribution in [2.75, 3.05) is 5.32 Å². The second kappa shape index (κ2) is 7.65. The molecule has 0 aliphatic heterocycles. The minimum atomic E-state index is -3.79. The molecule has 0 aliphatic carbocycles. The van der Waals surface area contributed by atoms with Gasteiger partial charge in [0, 0.05) is 31.5 Å². The fourth-order valence-electron chi connectivity index (χ4n) is 3.00. The van der Waals surface area contributed by atoms with Gasteiger partial charge in [0.15, 0.2) is 0 Å². The zero-order chi connectivity index (χ0) is 21.3. The highest BCUT2D eigenvalue weighted by atomic mass is 32.2. The molecule has 0 spiro atoms. The number of sulfonamides is 1. The van der Waals surface area contributed by atoms with Crippen LogP contribution in [-0.4, -0.2) is 27.9 Å². The van der Waals surface area contributed by atoms with Gasteiger partial charge in [-0.05, 0) is 35.9 Å². The van der Waals surface area contributed by atoms with Gasteiger partial charge in [-0.15, -0.1) is 0 Å². The number of nitrogens with one attached hydrogen (secondary N) is 1. The third-order valence-corrected chi connectivity index (χ3v) is 5.52. The summed E-state index contributed by atoms with van der Waals surface area (Å²) >= 11 is 0. The van der Waals surface area contributed by atoms with E-state index in [0.717, 1.165) is 5.56 Å². The standard InChI is InChI=1S/C20H18N6O3S/c1-26-12-24-17-10-16(14-2-4-15(5-3-14)30(21,28)29)25-19(18(17)20(26)27)23-11-13-6-8-22-9-7-13/h2-10,12H,11H2,1H3,(H,23,25)(H2,21,28,29). The summed E-state index contributed by atoms with van der Waals surface area (Å²) in [6, 6.07) is 11.5. The molecule has 4 aromatic rings. The maximum Gasteiger partial charge on any atom is 0.264 e. The molecule has 0 fully saturated rings. The number of hydrogen-bond donors (Lipinski definition) is 2. The molecule has 152 valence electrons. The number of hydrogen-bond acceptors (Lipinski definition) is 7. The lowest BCUT2D eigenvalue weighted by Crippen LogP contribution is -2.19. The van der Waals surface area contributed by atoms with Crippen LogP contribution in [0.15, 0.2) is 70.9 Å². The Labute approximate surface area is 172 Å². The van der Waals surface area contributed by atoms with Crippen molar-refractivity contribution in [1.29, 1.82) is 0 Å². The Morgan fingerprint density at radius 2 is 1.80 bits per heavy atom. The molecule has 0 unspecified atom stereocenters. The number of rotatable bonds is 5. The number of pyridine rings is 2. The highest BCUT2D eigenvalue weighted by molar-refractivity contribution is 7.89. The monoisotopic (exact) mass is 422 g/mol. The lowest BCUT2D eigenvalue weighted by molar-refractivity contribution is 0.598. The first-order chi connectivity index (χ1) is 14.3. The van der Waals surface area contributed by atoms with Crippen molar-refractivity contribution < 1.29 is 8.42 Å². The van der Waals surface area contributed by atoms with E-state index in [2.05, 4.69) is 20.3 Å². The SMILES string of the molecule is Cn1cnc2cc(-c3ccc(S(N)(=O)=O)cc3)nc(NCc3ccncc3)c2c1=O. The first-order valence-electron chi connectivity index (χ1n) is 8.95. The van der Waals surface area contributed by atoms with E-state index in [0.29, 0.717) is 34.5 Å². The molecule has 0 saturated heterocycles. The van der Waals surface area contributed by atoms with Gasteiger partial charge in [0.25, 0.3) is 5.56 Å². The second-order valence-corrected chi connectivity index (χ2v) is 8.25. The van der Waals surface area contributed by atoms with Crippen LogP contribution >= 0.6 is 0 Å². The number of aryl methyl sites for hydroxylation is 1. The van der Waals surface area contributed by atoms with E-state index < -0.39 is 10.0 Å². The van der Waals surface area contributed by atoms with Gasteiger partial charge in [-0.2, -0.15) is 0 Å². The minimum absolute atomic E-state index is 0.00932. The second-order valence-electron chi connectivity index (χ2n) is 6.69. The third-order valence-electron chi connectivity index (χ3n) is 4.59. The number of fused-ring (bicyclic) bond motifs is 1. The Morgan fingerprint density at radius 1 is 1.10 bits per heavy atom. The first kappa shape index (κ1) is 19.7. The van der Waals surface area contributed by atoms with E-state index in [9.17, 15) is 13.2 Å². The first-order valence-corrected chi connectivity index (χ1v) is 10.5. The summed E-state index contributed by atoms with van der Waals surface area (Å²) in [5.41, 5.74) is 2.44. The molecule has 9 nitrogen and oxygen atoms in total. The highest BCUT2D eigenvalue weighted by Crippen LogP contribution is 2.26. The summed E-state index contributed by atoms with van der Waals surface area (Å²) in [4.78, 5) is 25.7. The topological polar surface area (TPSA) is 133 Å². The summed E-state index contributed by atoms with van der Waals surface area (Å²) in [6.45, 7) is 0.441. The molecule has 4 rings (SSSR count). The summed E-state index contributed by atoms with van der Waals surface area (Å²) < 4.78 is 24.4. The molecule has 0 bridgehead atoms. The van der Waals surface area contributed by atoms with Gasteiger partial charge in [-0.3, -0.25) is 9.78 Å². The molecule has 1 aromatic carbocycles. The lowest BCUT2D eigenvalue weighted by Gasteiger charge is -2.12. The van der Waals surface area contributed by atoms with Gasteiger partial charge in [0.1, 0.15) is 11.2 Å². The van der Waals surface area contributed by atoms with Crippen molar-refractivity contribution in [3.63, 3.8) is 0 Å². The van der Waals surface area contributed by atoms with Crippen molar-refractivity contribution in [2.45, 2.75) is 11.4 Å². The van der Waals surface area contributed by atoms with E-state index >= 15 is 0 Å². The van der Waals surface area contributed by atoms with Crippen molar-refractivity contribution in [3.05, 3.63) is 77.1 Å². The number of aromatic nitrogens is 4. The molecular formula is C20H18N6O3S.